The van der Waals surface area contributed by atoms with E-state index in [2.05, 4.69) is 19.9 Å². The van der Waals surface area contributed by atoms with E-state index < -0.39 is 5.97 Å². The van der Waals surface area contributed by atoms with Gasteiger partial charge in [-0.2, -0.15) is 0 Å². The topological polar surface area (TPSA) is 147 Å². The fourth-order valence-electron chi connectivity index (χ4n) is 3.06. The maximum absolute atomic E-state index is 12.2. The summed E-state index contributed by atoms with van der Waals surface area (Å²) in [6.45, 7) is 2.24. The van der Waals surface area contributed by atoms with Crippen LogP contribution in [-0.2, 0) is 0 Å². The number of aromatic carboxylic acids is 1. The number of hydrogen-bond acceptors (Lipinski definition) is 6. The molecule has 0 radical (unpaired) electrons. The van der Waals surface area contributed by atoms with Crippen molar-refractivity contribution in [1.29, 1.82) is 0 Å². The van der Waals surface area contributed by atoms with Crippen molar-refractivity contribution in [2.24, 2.45) is 0 Å². The zero-order chi connectivity index (χ0) is 20.5. The fraction of sp³-hybridized carbons (Fsp3) is 0.100. The van der Waals surface area contributed by atoms with Crippen LogP contribution in [0.2, 0.25) is 0 Å². The van der Waals surface area contributed by atoms with E-state index in [-0.39, 0.29) is 16.8 Å². The van der Waals surface area contributed by atoms with E-state index in [0.29, 0.717) is 40.5 Å². The van der Waals surface area contributed by atoms with Gasteiger partial charge in [0.1, 0.15) is 11.6 Å². The minimum absolute atomic E-state index is 0.0273. The van der Waals surface area contributed by atoms with E-state index >= 15 is 0 Å². The zero-order valence-electron chi connectivity index (χ0n) is 15.4. The first-order valence-corrected chi connectivity index (χ1v) is 8.81. The molecule has 0 saturated carbocycles. The molecule has 5 N–H and O–H groups in total. The van der Waals surface area contributed by atoms with Crippen LogP contribution < -0.4 is 16.0 Å². The number of ether oxygens (including phenoxy) is 1. The lowest BCUT2D eigenvalue weighted by atomic mass is 10.00. The number of hydrogen-bond donors (Lipinski definition) is 4. The molecule has 0 atom stereocenters. The lowest BCUT2D eigenvalue weighted by Gasteiger charge is -2.13. The molecule has 146 valence electrons. The largest absolute Gasteiger partial charge is 0.493 e. The number of nitrogens with two attached hydrogens (primary N) is 1. The highest BCUT2D eigenvalue weighted by Gasteiger charge is 2.15. The molecular formula is C20H17N5O4. The molecule has 4 rings (SSSR count). The number of aromatic nitrogens is 4. The maximum atomic E-state index is 12.2. The van der Waals surface area contributed by atoms with E-state index in [0.717, 1.165) is 5.56 Å². The summed E-state index contributed by atoms with van der Waals surface area (Å²) < 4.78 is 5.76. The number of carbonyl (C=O) groups is 1. The van der Waals surface area contributed by atoms with Crippen LogP contribution in [0.15, 0.2) is 47.5 Å². The summed E-state index contributed by atoms with van der Waals surface area (Å²) in [6, 6.07) is 10.1. The average molecular weight is 391 g/mol. The number of imidazole rings is 1. The summed E-state index contributed by atoms with van der Waals surface area (Å²) in [6.07, 6.45) is 1.41. The molecule has 0 unspecified atom stereocenters. The summed E-state index contributed by atoms with van der Waals surface area (Å²) in [7, 11) is 0. The smallest absolute Gasteiger partial charge is 0.337 e. The van der Waals surface area contributed by atoms with Gasteiger partial charge in [0.05, 0.1) is 24.1 Å². The molecule has 29 heavy (non-hydrogen) atoms. The molecular weight excluding hydrogens is 374 g/mol. The van der Waals surface area contributed by atoms with Gasteiger partial charge in [0.15, 0.2) is 11.2 Å². The van der Waals surface area contributed by atoms with E-state index in [9.17, 15) is 14.7 Å². The van der Waals surface area contributed by atoms with Crippen molar-refractivity contribution in [2.75, 3.05) is 12.3 Å². The Bertz CT molecular complexity index is 1290. The molecule has 9 nitrogen and oxygen atoms in total. The quantitative estimate of drug-likeness (QED) is 0.382. The van der Waals surface area contributed by atoms with E-state index in [1.807, 2.05) is 6.92 Å². The van der Waals surface area contributed by atoms with Crippen LogP contribution in [0, 0.1) is 0 Å². The van der Waals surface area contributed by atoms with E-state index in [4.69, 9.17) is 10.5 Å². The van der Waals surface area contributed by atoms with Crippen molar-refractivity contribution in [2.45, 2.75) is 6.92 Å². The van der Waals surface area contributed by atoms with Gasteiger partial charge in [-0.3, -0.25) is 4.79 Å². The van der Waals surface area contributed by atoms with Crippen LogP contribution in [-0.4, -0.2) is 37.6 Å². The molecule has 0 spiro atoms. The van der Waals surface area contributed by atoms with Crippen LogP contribution in [0.3, 0.4) is 0 Å². The lowest BCUT2D eigenvalue weighted by molar-refractivity contribution is 0.0698. The van der Waals surface area contributed by atoms with Crippen LogP contribution in [0.5, 0.6) is 5.75 Å². The monoisotopic (exact) mass is 391 g/mol. The van der Waals surface area contributed by atoms with E-state index in [1.165, 1.54) is 12.4 Å². The van der Waals surface area contributed by atoms with Crippen LogP contribution >= 0.6 is 0 Å². The fourth-order valence-corrected chi connectivity index (χ4v) is 3.06. The SMILES string of the molecule is CCOc1cc(-c2ccc(N)c(C(=O)O)c2)ccc1-c1nc2nc[nH]c2c(=O)[nH]1. The van der Waals surface area contributed by atoms with Crippen LogP contribution in [0.1, 0.15) is 17.3 Å². The minimum Gasteiger partial charge on any atom is -0.493 e. The Morgan fingerprint density at radius 1 is 1.21 bits per heavy atom. The molecule has 0 aliphatic carbocycles. The second-order valence-corrected chi connectivity index (χ2v) is 6.27. The highest BCUT2D eigenvalue weighted by atomic mass is 16.5. The van der Waals surface area contributed by atoms with Crippen molar-refractivity contribution < 1.29 is 14.6 Å². The number of rotatable bonds is 5. The normalized spacial score (nSPS) is 10.9. The zero-order valence-corrected chi connectivity index (χ0v) is 15.4. The first kappa shape index (κ1) is 18.2. The van der Waals surface area contributed by atoms with Crippen molar-refractivity contribution >= 4 is 22.8 Å². The molecule has 0 fully saturated rings. The molecule has 2 aromatic carbocycles. The van der Waals surface area contributed by atoms with Crippen molar-refractivity contribution in [1.82, 2.24) is 19.9 Å². The van der Waals surface area contributed by atoms with Crippen LogP contribution in [0.25, 0.3) is 33.7 Å². The summed E-state index contributed by atoms with van der Waals surface area (Å²) >= 11 is 0. The van der Waals surface area contributed by atoms with Gasteiger partial charge in [0.2, 0.25) is 0 Å². The third kappa shape index (κ3) is 3.29. The third-order valence-electron chi connectivity index (χ3n) is 4.45. The van der Waals surface area contributed by atoms with Gasteiger partial charge in [-0.25, -0.2) is 14.8 Å². The number of benzene rings is 2. The number of fused-ring (bicyclic) bond motifs is 1. The predicted octanol–water partition coefficient (Wildman–Crippen LogP) is 2.66. The highest BCUT2D eigenvalue weighted by Crippen LogP contribution is 2.33. The number of nitrogen functional groups attached to an aromatic ring is 1. The number of H-pyrrole nitrogens is 2. The van der Waals surface area contributed by atoms with Gasteiger partial charge >= 0.3 is 5.97 Å². The molecule has 2 heterocycles. The number of nitrogens with one attached hydrogen (secondary N) is 2. The molecule has 0 aliphatic rings. The first-order chi connectivity index (χ1) is 14.0. The third-order valence-corrected chi connectivity index (χ3v) is 4.45. The van der Waals surface area contributed by atoms with E-state index in [1.54, 1.807) is 30.3 Å². The number of carboxylic acid groups (broad SMARTS) is 1. The summed E-state index contributed by atoms with van der Waals surface area (Å²) in [5.41, 5.74) is 8.23. The van der Waals surface area contributed by atoms with Gasteiger partial charge < -0.3 is 25.5 Å². The number of anilines is 1. The van der Waals surface area contributed by atoms with Gasteiger partial charge in [-0.05, 0) is 42.3 Å². The predicted molar refractivity (Wildman–Crippen MR) is 108 cm³/mol. The highest BCUT2D eigenvalue weighted by molar-refractivity contribution is 5.95. The lowest BCUT2D eigenvalue weighted by Crippen LogP contribution is -2.10. The number of aromatic amines is 2. The Morgan fingerprint density at radius 2 is 1.97 bits per heavy atom. The van der Waals surface area contributed by atoms with Gasteiger partial charge in [-0.15, -0.1) is 0 Å². The van der Waals surface area contributed by atoms with Crippen molar-refractivity contribution in [3.05, 3.63) is 58.6 Å². The molecule has 0 saturated heterocycles. The summed E-state index contributed by atoms with van der Waals surface area (Å²) in [5, 5.41) is 9.31. The Morgan fingerprint density at radius 3 is 2.72 bits per heavy atom. The van der Waals surface area contributed by atoms with Gasteiger partial charge in [0, 0.05) is 5.69 Å². The second kappa shape index (κ2) is 7.12. The summed E-state index contributed by atoms with van der Waals surface area (Å²) in [4.78, 5) is 37.5. The molecule has 0 bridgehead atoms. The Balaban J connectivity index is 1.84. The van der Waals surface area contributed by atoms with Gasteiger partial charge in [0.25, 0.3) is 5.56 Å². The Labute approximate surface area is 164 Å². The standard InChI is InChI=1S/C20H17N5O4/c1-2-29-15-8-11(10-4-6-14(21)13(7-10)20(27)28)3-5-12(15)17-24-18-16(19(26)25-17)22-9-23-18/h3-9H,2,21H2,1H3,(H,27,28)(H2,22,23,24,25,26). The van der Waals surface area contributed by atoms with Gasteiger partial charge in [-0.1, -0.05) is 12.1 Å². The molecule has 9 heteroatoms. The Hall–Kier alpha value is -4.14. The Kier molecular flexibility index (Phi) is 4.47. The van der Waals surface area contributed by atoms with Crippen LogP contribution in [0.4, 0.5) is 5.69 Å². The summed E-state index contributed by atoms with van der Waals surface area (Å²) in [5.74, 6) is -0.273. The average Bonchev–Trinajstić information content (AvgIpc) is 3.17. The minimum atomic E-state index is -1.10. The number of carboxylic acids is 1. The second-order valence-electron chi connectivity index (χ2n) is 6.27. The van der Waals surface area contributed by atoms with Crippen molar-refractivity contribution in [3.8, 4) is 28.3 Å². The molecule has 4 aromatic rings. The molecule has 2 aromatic heterocycles. The molecule has 0 amide bonds. The molecule has 0 aliphatic heterocycles. The van der Waals surface area contributed by atoms with Crippen molar-refractivity contribution in [3.63, 3.8) is 0 Å². The first-order valence-electron chi connectivity index (χ1n) is 8.81. The number of nitrogens with zero attached hydrogens (tertiary/aromatic N) is 2. The maximum Gasteiger partial charge on any atom is 0.337 e.